The summed E-state index contributed by atoms with van der Waals surface area (Å²) in [5.74, 6) is 2.00. The smallest absolute Gasteiger partial charge is 0.175 e. The van der Waals surface area contributed by atoms with E-state index in [0.29, 0.717) is 13.2 Å². The van der Waals surface area contributed by atoms with Gasteiger partial charge in [-0.15, -0.1) is 11.3 Å². The van der Waals surface area contributed by atoms with Crippen LogP contribution in [0.2, 0.25) is 0 Å². The molecule has 0 aromatic carbocycles. The number of fused-ring (bicyclic) bond motifs is 1. The Balaban J connectivity index is 2.36. The van der Waals surface area contributed by atoms with Gasteiger partial charge in [-0.05, 0) is 13.3 Å². The van der Waals surface area contributed by atoms with Gasteiger partial charge in [-0.1, -0.05) is 13.3 Å². The standard InChI is InChI=1S/C10H14O2S/c1-3-4-8-10-9(7(2)13-8)11-5-6-12-10/h3-6H2,1-2H3. The molecule has 0 bridgehead atoms. The molecule has 0 amide bonds. The highest BCUT2D eigenvalue weighted by molar-refractivity contribution is 7.12. The predicted molar refractivity (Wildman–Crippen MR) is 54.0 cm³/mol. The van der Waals surface area contributed by atoms with Crippen molar-refractivity contribution < 1.29 is 9.47 Å². The zero-order valence-corrected chi connectivity index (χ0v) is 8.87. The Morgan fingerprint density at radius 2 is 1.92 bits per heavy atom. The maximum atomic E-state index is 5.61. The quantitative estimate of drug-likeness (QED) is 0.727. The van der Waals surface area contributed by atoms with Crippen molar-refractivity contribution in [3.63, 3.8) is 0 Å². The topological polar surface area (TPSA) is 18.5 Å². The van der Waals surface area contributed by atoms with Crippen LogP contribution in [-0.4, -0.2) is 13.2 Å². The second-order valence-corrected chi connectivity index (χ2v) is 4.50. The molecule has 0 aliphatic carbocycles. The number of hydrogen-bond acceptors (Lipinski definition) is 3. The van der Waals surface area contributed by atoms with Gasteiger partial charge in [0.15, 0.2) is 11.5 Å². The third-order valence-corrected chi connectivity index (χ3v) is 3.24. The minimum Gasteiger partial charge on any atom is -0.485 e. The summed E-state index contributed by atoms with van der Waals surface area (Å²) in [5, 5.41) is 0. The first kappa shape index (κ1) is 8.88. The van der Waals surface area contributed by atoms with Crippen LogP contribution < -0.4 is 9.47 Å². The van der Waals surface area contributed by atoms with E-state index in [9.17, 15) is 0 Å². The van der Waals surface area contributed by atoms with E-state index in [0.717, 1.165) is 24.3 Å². The highest BCUT2D eigenvalue weighted by Gasteiger charge is 2.21. The highest BCUT2D eigenvalue weighted by atomic mass is 32.1. The monoisotopic (exact) mass is 198 g/mol. The average Bonchev–Trinajstić information content (AvgIpc) is 2.46. The van der Waals surface area contributed by atoms with Crippen LogP contribution in [0.3, 0.4) is 0 Å². The SMILES string of the molecule is CCCc1sc(C)c2c1OCCO2. The summed E-state index contributed by atoms with van der Waals surface area (Å²) in [6.45, 7) is 5.67. The Kier molecular flexibility index (Phi) is 2.44. The van der Waals surface area contributed by atoms with Crippen molar-refractivity contribution in [3.05, 3.63) is 9.75 Å². The Labute approximate surface area is 82.5 Å². The highest BCUT2D eigenvalue weighted by Crippen LogP contribution is 2.43. The van der Waals surface area contributed by atoms with Crippen molar-refractivity contribution in [1.82, 2.24) is 0 Å². The molecule has 1 aliphatic heterocycles. The van der Waals surface area contributed by atoms with Gasteiger partial charge >= 0.3 is 0 Å². The second-order valence-electron chi connectivity index (χ2n) is 3.19. The third-order valence-electron chi connectivity index (χ3n) is 2.11. The van der Waals surface area contributed by atoms with Crippen molar-refractivity contribution in [2.24, 2.45) is 0 Å². The predicted octanol–water partition coefficient (Wildman–Crippen LogP) is 2.78. The summed E-state index contributed by atoms with van der Waals surface area (Å²) in [5.41, 5.74) is 0. The summed E-state index contributed by atoms with van der Waals surface area (Å²) < 4.78 is 11.2. The molecule has 0 spiro atoms. The van der Waals surface area contributed by atoms with E-state index in [2.05, 4.69) is 13.8 Å². The molecule has 0 unspecified atom stereocenters. The fourth-order valence-corrected chi connectivity index (χ4v) is 2.72. The zero-order valence-electron chi connectivity index (χ0n) is 8.05. The lowest BCUT2D eigenvalue weighted by Gasteiger charge is -2.16. The van der Waals surface area contributed by atoms with Gasteiger partial charge in [0.25, 0.3) is 0 Å². The lowest BCUT2D eigenvalue weighted by molar-refractivity contribution is 0.171. The summed E-state index contributed by atoms with van der Waals surface area (Å²) in [7, 11) is 0. The molecule has 3 heteroatoms. The number of rotatable bonds is 2. The maximum absolute atomic E-state index is 5.61. The van der Waals surface area contributed by atoms with Crippen molar-refractivity contribution in [3.8, 4) is 11.5 Å². The molecule has 13 heavy (non-hydrogen) atoms. The molecular weight excluding hydrogens is 184 g/mol. The van der Waals surface area contributed by atoms with E-state index in [1.54, 1.807) is 11.3 Å². The van der Waals surface area contributed by atoms with Crippen molar-refractivity contribution >= 4 is 11.3 Å². The maximum Gasteiger partial charge on any atom is 0.175 e. The molecule has 0 saturated carbocycles. The summed E-state index contributed by atoms with van der Waals surface area (Å²) >= 11 is 1.80. The van der Waals surface area contributed by atoms with Gasteiger partial charge < -0.3 is 9.47 Å². The molecular formula is C10H14O2S. The number of ether oxygens (including phenoxy) is 2. The first-order chi connectivity index (χ1) is 6.33. The van der Waals surface area contributed by atoms with Crippen LogP contribution in [0.1, 0.15) is 23.1 Å². The Morgan fingerprint density at radius 3 is 2.62 bits per heavy atom. The first-order valence-electron chi connectivity index (χ1n) is 4.70. The lowest BCUT2D eigenvalue weighted by Crippen LogP contribution is -2.15. The van der Waals surface area contributed by atoms with Crippen molar-refractivity contribution in [2.75, 3.05) is 13.2 Å². The van der Waals surface area contributed by atoms with Crippen LogP contribution >= 0.6 is 11.3 Å². The lowest BCUT2D eigenvalue weighted by atomic mass is 10.2. The minimum atomic E-state index is 0.691. The van der Waals surface area contributed by atoms with Gasteiger partial charge in [0.2, 0.25) is 0 Å². The van der Waals surface area contributed by atoms with Crippen LogP contribution in [0.25, 0.3) is 0 Å². The molecule has 1 aromatic heterocycles. The zero-order chi connectivity index (χ0) is 9.26. The van der Waals surface area contributed by atoms with E-state index in [1.165, 1.54) is 9.75 Å². The van der Waals surface area contributed by atoms with Crippen LogP contribution in [0.15, 0.2) is 0 Å². The second kappa shape index (κ2) is 3.58. The molecule has 1 aromatic rings. The van der Waals surface area contributed by atoms with E-state index < -0.39 is 0 Å². The Hall–Kier alpha value is -0.700. The molecule has 2 rings (SSSR count). The molecule has 0 atom stereocenters. The Morgan fingerprint density at radius 1 is 1.23 bits per heavy atom. The minimum absolute atomic E-state index is 0.691. The summed E-state index contributed by atoms with van der Waals surface area (Å²) in [6, 6.07) is 0. The van der Waals surface area contributed by atoms with Gasteiger partial charge in [-0.3, -0.25) is 0 Å². The Bertz CT molecular complexity index is 304. The molecule has 0 N–H and O–H groups in total. The molecule has 2 nitrogen and oxygen atoms in total. The molecule has 72 valence electrons. The van der Waals surface area contributed by atoms with Gasteiger partial charge in [0.05, 0.1) is 4.88 Å². The van der Waals surface area contributed by atoms with Gasteiger partial charge in [-0.2, -0.15) is 0 Å². The molecule has 0 fully saturated rings. The fraction of sp³-hybridized carbons (Fsp3) is 0.600. The third kappa shape index (κ3) is 1.53. The van der Waals surface area contributed by atoms with Crippen LogP contribution in [-0.2, 0) is 6.42 Å². The van der Waals surface area contributed by atoms with E-state index in [4.69, 9.17) is 9.47 Å². The normalized spacial score (nSPS) is 14.6. The van der Waals surface area contributed by atoms with Crippen LogP contribution in [0.5, 0.6) is 11.5 Å². The summed E-state index contributed by atoms with van der Waals surface area (Å²) in [6.07, 6.45) is 2.26. The van der Waals surface area contributed by atoms with E-state index in [1.807, 2.05) is 0 Å². The fourth-order valence-electron chi connectivity index (χ4n) is 1.56. The molecule has 2 heterocycles. The first-order valence-corrected chi connectivity index (χ1v) is 5.52. The van der Waals surface area contributed by atoms with Crippen molar-refractivity contribution in [1.29, 1.82) is 0 Å². The van der Waals surface area contributed by atoms with E-state index in [-0.39, 0.29) is 0 Å². The summed E-state index contributed by atoms with van der Waals surface area (Å²) in [4.78, 5) is 2.59. The largest absolute Gasteiger partial charge is 0.485 e. The molecule has 0 radical (unpaired) electrons. The van der Waals surface area contributed by atoms with Gasteiger partial charge in [-0.25, -0.2) is 0 Å². The average molecular weight is 198 g/mol. The van der Waals surface area contributed by atoms with Gasteiger partial charge in [0, 0.05) is 4.88 Å². The van der Waals surface area contributed by atoms with Crippen LogP contribution in [0, 0.1) is 6.92 Å². The number of hydrogen-bond donors (Lipinski definition) is 0. The number of thiophene rings is 1. The van der Waals surface area contributed by atoms with Crippen LogP contribution in [0.4, 0.5) is 0 Å². The van der Waals surface area contributed by atoms with E-state index >= 15 is 0 Å². The molecule has 1 aliphatic rings. The number of aryl methyl sites for hydroxylation is 2. The molecule has 0 saturated heterocycles. The van der Waals surface area contributed by atoms with Gasteiger partial charge in [0.1, 0.15) is 13.2 Å². The van der Waals surface area contributed by atoms with Crippen molar-refractivity contribution in [2.45, 2.75) is 26.7 Å².